The molecule has 2 bridgehead atoms. The summed E-state index contributed by atoms with van der Waals surface area (Å²) in [7, 11) is 0. The van der Waals surface area contributed by atoms with Gasteiger partial charge in [-0.05, 0) is 50.7 Å². The SMILES string of the molecule is O=C(O)C(CO)Nc1nc2ccccc2n(C2C[C@H]3CC[C@@H](C2)N3C2CCCCCCC2)c1=O. The Morgan fingerprint density at radius 2 is 1.62 bits per heavy atom. The summed E-state index contributed by atoms with van der Waals surface area (Å²) >= 11 is 0. The second-order valence-electron chi connectivity index (χ2n) is 10.3. The number of nitrogens with one attached hydrogen (secondary N) is 1. The van der Waals surface area contributed by atoms with Crippen molar-refractivity contribution in [3.63, 3.8) is 0 Å². The predicted molar refractivity (Wildman–Crippen MR) is 131 cm³/mol. The highest BCUT2D eigenvalue weighted by Gasteiger charge is 2.44. The van der Waals surface area contributed by atoms with E-state index in [9.17, 15) is 19.8 Å². The van der Waals surface area contributed by atoms with Crippen LogP contribution in [-0.4, -0.2) is 61.4 Å². The van der Waals surface area contributed by atoms with Gasteiger partial charge in [-0.2, -0.15) is 0 Å². The van der Waals surface area contributed by atoms with Crippen LogP contribution in [0, 0.1) is 0 Å². The molecule has 1 aliphatic carbocycles. The molecule has 3 N–H and O–H groups in total. The minimum atomic E-state index is -1.27. The molecule has 8 nitrogen and oxygen atoms in total. The zero-order valence-electron chi connectivity index (χ0n) is 19.7. The van der Waals surface area contributed by atoms with E-state index in [2.05, 4.69) is 15.2 Å². The summed E-state index contributed by atoms with van der Waals surface area (Å²) in [5.41, 5.74) is 1.14. The number of nitrogens with zero attached hydrogens (tertiary/aromatic N) is 3. The molecule has 2 aliphatic heterocycles. The average molecular weight is 469 g/mol. The fraction of sp³-hybridized carbons (Fsp3) is 0.654. The predicted octanol–water partition coefficient (Wildman–Crippen LogP) is 3.53. The molecule has 34 heavy (non-hydrogen) atoms. The molecule has 2 saturated heterocycles. The minimum absolute atomic E-state index is 0.00468. The van der Waals surface area contributed by atoms with Gasteiger partial charge >= 0.3 is 5.97 Å². The second kappa shape index (κ2) is 10.0. The number of aliphatic carboxylic acids is 1. The molecule has 0 radical (unpaired) electrons. The summed E-state index contributed by atoms with van der Waals surface area (Å²) in [5.74, 6) is -1.22. The lowest BCUT2D eigenvalue weighted by Gasteiger charge is -2.45. The van der Waals surface area contributed by atoms with E-state index in [0.717, 1.165) is 18.4 Å². The van der Waals surface area contributed by atoms with Crippen LogP contribution in [0.2, 0.25) is 0 Å². The number of rotatable bonds is 6. The molecule has 1 saturated carbocycles. The lowest BCUT2D eigenvalue weighted by Crippen LogP contribution is -2.50. The summed E-state index contributed by atoms with van der Waals surface area (Å²) in [6.45, 7) is -0.618. The number of hydrogen-bond donors (Lipinski definition) is 3. The van der Waals surface area contributed by atoms with Gasteiger partial charge in [0.1, 0.15) is 6.04 Å². The van der Waals surface area contributed by atoms with Crippen molar-refractivity contribution in [1.82, 2.24) is 14.5 Å². The van der Waals surface area contributed by atoms with Crippen LogP contribution in [0.5, 0.6) is 0 Å². The normalized spacial score (nSPS) is 27.3. The standard InChI is InChI=1S/C26H36N4O4/c31-16-22(26(33)34)28-24-25(32)30(23-11-7-6-10-21(23)27-24)20-14-18-12-13-19(15-20)29(18)17-8-4-2-1-3-5-9-17/h6-7,10-11,17-20,22,31H,1-5,8-9,12-16H2,(H,27,28)(H,33,34)/t18-,19+,20?,22?. The summed E-state index contributed by atoms with van der Waals surface area (Å²) in [6, 6.07) is 8.01. The smallest absolute Gasteiger partial charge is 0.328 e. The number of piperidine rings is 1. The van der Waals surface area contributed by atoms with E-state index in [1.807, 2.05) is 28.8 Å². The van der Waals surface area contributed by atoms with Crippen molar-refractivity contribution in [3.05, 3.63) is 34.6 Å². The maximum atomic E-state index is 13.6. The van der Waals surface area contributed by atoms with Gasteiger partial charge in [0, 0.05) is 24.2 Å². The van der Waals surface area contributed by atoms with Gasteiger partial charge in [0.15, 0.2) is 5.82 Å². The monoisotopic (exact) mass is 468 g/mol. The highest BCUT2D eigenvalue weighted by Crippen LogP contribution is 2.44. The van der Waals surface area contributed by atoms with Crippen molar-refractivity contribution in [2.45, 2.75) is 101 Å². The molecule has 3 aliphatic rings. The van der Waals surface area contributed by atoms with Crippen molar-refractivity contribution >= 4 is 22.8 Å². The third-order valence-corrected chi connectivity index (χ3v) is 8.21. The third kappa shape index (κ3) is 4.45. The Labute approximate surface area is 200 Å². The Morgan fingerprint density at radius 3 is 2.26 bits per heavy atom. The lowest BCUT2D eigenvalue weighted by atomic mass is 9.89. The maximum absolute atomic E-state index is 13.6. The number of fused-ring (bicyclic) bond motifs is 3. The number of hydrogen-bond acceptors (Lipinski definition) is 6. The van der Waals surface area contributed by atoms with Gasteiger partial charge in [-0.1, -0.05) is 44.2 Å². The van der Waals surface area contributed by atoms with Crippen molar-refractivity contribution in [3.8, 4) is 0 Å². The molecule has 5 rings (SSSR count). The first kappa shape index (κ1) is 23.3. The van der Waals surface area contributed by atoms with Gasteiger partial charge in [0.05, 0.1) is 17.6 Å². The van der Waals surface area contributed by atoms with Crippen LogP contribution in [0.3, 0.4) is 0 Å². The molecule has 3 fully saturated rings. The number of anilines is 1. The van der Waals surface area contributed by atoms with Crippen LogP contribution in [0.1, 0.15) is 76.7 Å². The topological polar surface area (TPSA) is 108 Å². The Bertz CT molecular complexity index is 1060. The first-order valence-corrected chi connectivity index (χ1v) is 13.0. The van der Waals surface area contributed by atoms with E-state index in [1.54, 1.807) is 0 Å². The fourth-order valence-electron chi connectivity index (χ4n) is 6.69. The summed E-state index contributed by atoms with van der Waals surface area (Å²) in [5, 5.41) is 21.5. The van der Waals surface area contributed by atoms with E-state index < -0.39 is 18.6 Å². The Kier molecular flexibility index (Phi) is 6.88. The number of carboxylic acids is 1. The zero-order chi connectivity index (χ0) is 23.7. The Hall–Kier alpha value is -2.45. The number of aromatic nitrogens is 2. The first-order chi connectivity index (χ1) is 16.6. The molecule has 1 aromatic heterocycles. The Balaban J connectivity index is 1.46. The number of benzene rings is 1. The van der Waals surface area contributed by atoms with Crippen molar-refractivity contribution in [2.75, 3.05) is 11.9 Å². The largest absolute Gasteiger partial charge is 0.480 e. The quantitative estimate of drug-likeness (QED) is 0.595. The number of aliphatic hydroxyl groups is 1. The van der Waals surface area contributed by atoms with E-state index in [-0.39, 0.29) is 17.4 Å². The third-order valence-electron chi connectivity index (χ3n) is 8.21. The van der Waals surface area contributed by atoms with Gasteiger partial charge in [-0.3, -0.25) is 9.69 Å². The van der Waals surface area contributed by atoms with E-state index >= 15 is 0 Å². The number of aliphatic hydroxyl groups excluding tert-OH is 1. The van der Waals surface area contributed by atoms with E-state index in [1.165, 1.54) is 57.8 Å². The molecule has 0 spiro atoms. The molecule has 2 unspecified atom stereocenters. The first-order valence-electron chi connectivity index (χ1n) is 13.0. The second-order valence-corrected chi connectivity index (χ2v) is 10.3. The van der Waals surface area contributed by atoms with Crippen molar-refractivity contribution in [2.24, 2.45) is 0 Å². The highest BCUT2D eigenvalue weighted by molar-refractivity contribution is 5.79. The van der Waals surface area contributed by atoms with Crippen molar-refractivity contribution < 1.29 is 15.0 Å². The van der Waals surface area contributed by atoms with Crippen molar-refractivity contribution in [1.29, 1.82) is 0 Å². The molecule has 184 valence electrons. The van der Waals surface area contributed by atoms with Crippen LogP contribution >= 0.6 is 0 Å². The van der Waals surface area contributed by atoms with Gasteiger partial charge in [0.2, 0.25) is 0 Å². The summed E-state index contributed by atoms with van der Waals surface area (Å²) in [6.07, 6.45) is 13.5. The molecule has 3 heterocycles. The molecule has 8 heteroatoms. The molecule has 1 aromatic carbocycles. The molecule has 2 aromatic rings. The van der Waals surface area contributed by atoms with E-state index in [4.69, 9.17) is 0 Å². The van der Waals surface area contributed by atoms with Crippen LogP contribution in [-0.2, 0) is 4.79 Å². The summed E-state index contributed by atoms with van der Waals surface area (Å²) < 4.78 is 1.85. The van der Waals surface area contributed by atoms with Crippen LogP contribution in [0.4, 0.5) is 5.82 Å². The van der Waals surface area contributed by atoms with E-state index in [0.29, 0.717) is 23.6 Å². The Morgan fingerprint density at radius 1 is 0.971 bits per heavy atom. The zero-order valence-corrected chi connectivity index (χ0v) is 19.7. The van der Waals surface area contributed by atoms with Gasteiger partial charge in [0.25, 0.3) is 5.56 Å². The summed E-state index contributed by atoms with van der Waals surface area (Å²) in [4.78, 5) is 32.3. The van der Waals surface area contributed by atoms with Crippen LogP contribution in [0.15, 0.2) is 29.1 Å². The number of carbonyl (C=O) groups is 1. The lowest BCUT2D eigenvalue weighted by molar-refractivity contribution is -0.138. The van der Waals surface area contributed by atoms with Gasteiger partial charge in [-0.25, -0.2) is 9.78 Å². The molecule has 0 amide bonds. The number of para-hydroxylation sites is 2. The molecular formula is C26H36N4O4. The van der Waals surface area contributed by atoms with Crippen LogP contribution in [0.25, 0.3) is 11.0 Å². The highest BCUT2D eigenvalue weighted by atomic mass is 16.4. The van der Waals surface area contributed by atoms with Gasteiger partial charge in [-0.15, -0.1) is 0 Å². The number of carboxylic acid groups (broad SMARTS) is 1. The maximum Gasteiger partial charge on any atom is 0.328 e. The van der Waals surface area contributed by atoms with Gasteiger partial charge < -0.3 is 20.1 Å². The fourth-order valence-corrected chi connectivity index (χ4v) is 6.69. The molecular weight excluding hydrogens is 432 g/mol. The van der Waals surface area contributed by atoms with Crippen LogP contribution < -0.4 is 10.9 Å². The molecule has 4 atom stereocenters. The average Bonchev–Trinajstić information content (AvgIpc) is 3.06. The minimum Gasteiger partial charge on any atom is -0.480 e.